The number of fused-ring (bicyclic) bond motifs is 14. The molecule has 0 saturated carbocycles. The normalized spacial score (nSPS) is 12.6. The maximum atomic E-state index is 2.46. The lowest BCUT2D eigenvalue weighted by atomic mass is 9.82. The quantitative estimate of drug-likeness (QED) is 0.133. The third-order valence-corrected chi connectivity index (χ3v) is 19.7. The standard InChI is InChI=1S/C83H56N2S/c1-83(2)78-51-60(43-46-72(78)73-47-44-61(52-79(73)83)85(57-20-4-3-5-21-57)80-32-16-19-54-18-6-7-22-63(54)80)84(58-39-34-53(35-40-58)56-38-45-71-68-27-11-10-25-66(68)67-26-12-13-28-69(67)77(71)50-56)59-41-36-55(37-42-59)62-48-49-70(65-24-9-8-23-64(62)65)75-30-17-31-76-74-29-14-15-33-81(74)86-82(75)76/h3-52H,1-2H3. The Labute approximate surface area is 504 Å². The van der Waals surface area contributed by atoms with E-state index in [1.807, 2.05) is 11.3 Å². The van der Waals surface area contributed by atoms with Crippen LogP contribution >= 0.6 is 11.3 Å². The zero-order chi connectivity index (χ0) is 57.0. The van der Waals surface area contributed by atoms with Gasteiger partial charge in [-0.2, -0.15) is 0 Å². The number of anilines is 6. The van der Waals surface area contributed by atoms with Gasteiger partial charge in [-0.05, 0) is 177 Å². The van der Waals surface area contributed by atoms with Gasteiger partial charge >= 0.3 is 0 Å². The molecule has 1 aromatic heterocycles. The van der Waals surface area contributed by atoms with E-state index in [4.69, 9.17) is 0 Å². The summed E-state index contributed by atoms with van der Waals surface area (Å²) in [5.74, 6) is 0. The van der Waals surface area contributed by atoms with Crippen LogP contribution < -0.4 is 9.80 Å². The molecule has 1 aliphatic carbocycles. The Balaban J connectivity index is 0.775. The third kappa shape index (κ3) is 7.93. The average molecular weight is 1110 g/mol. The van der Waals surface area contributed by atoms with Crippen LogP contribution in [0.1, 0.15) is 25.0 Å². The Morgan fingerprint density at radius 1 is 0.256 bits per heavy atom. The second kappa shape index (κ2) is 19.8. The minimum atomic E-state index is -0.307. The van der Waals surface area contributed by atoms with Crippen molar-refractivity contribution in [3.8, 4) is 44.5 Å². The Morgan fingerprint density at radius 3 is 1.38 bits per heavy atom. The monoisotopic (exact) mass is 1110 g/mol. The lowest BCUT2D eigenvalue weighted by molar-refractivity contribution is 0.660. The van der Waals surface area contributed by atoms with Crippen molar-refractivity contribution in [3.63, 3.8) is 0 Å². The van der Waals surface area contributed by atoms with Crippen molar-refractivity contribution >= 4 is 119 Å². The zero-order valence-electron chi connectivity index (χ0n) is 47.7. The highest BCUT2D eigenvalue weighted by atomic mass is 32.1. The summed E-state index contributed by atoms with van der Waals surface area (Å²) in [6.45, 7) is 4.80. The van der Waals surface area contributed by atoms with Gasteiger partial charge in [0.15, 0.2) is 0 Å². The molecule has 16 aromatic rings. The molecule has 0 fully saturated rings. The van der Waals surface area contributed by atoms with Crippen molar-refractivity contribution in [1.29, 1.82) is 0 Å². The van der Waals surface area contributed by atoms with E-state index in [0.717, 1.165) is 34.1 Å². The van der Waals surface area contributed by atoms with Crippen LogP contribution in [0.4, 0.5) is 34.1 Å². The van der Waals surface area contributed by atoms with Crippen LogP contribution in [0.5, 0.6) is 0 Å². The summed E-state index contributed by atoms with van der Waals surface area (Å²) >= 11 is 1.89. The van der Waals surface area contributed by atoms with Crippen molar-refractivity contribution in [1.82, 2.24) is 0 Å². The number of benzene rings is 15. The fourth-order valence-corrected chi connectivity index (χ4v) is 15.5. The van der Waals surface area contributed by atoms with Crippen molar-refractivity contribution in [2.45, 2.75) is 19.3 Å². The molecule has 0 bridgehead atoms. The molecule has 0 atom stereocenters. The number of hydrogen-bond donors (Lipinski definition) is 0. The fraction of sp³-hybridized carbons (Fsp3) is 0.0361. The van der Waals surface area contributed by atoms with Gasteiger partial charge in [0.2, 0.25) is 0 Å². The minimum absolute atomic E-state index is 0.307. The second-order valence-corrected chi connectivity index (χ2v) is 24.6. The number of nitrogens with zero attached hydrogens (tertiary/aromatic N) is 2. The third-order valence-electron chi connectivity index (χ3n) is 18.4. The molecule has 0 aliphatic heterocycles. The summed E-state index contributed by atoms with van der Waals surface area (Å²) in [5, 5.41) is 15.3. The van der Waals surface area contributed by atoms with Crippen LogP contribution in [0.3, 0.4) is 0 Å². The van der Waals surface area contributed by atoms with Crippen LogP contribution in [0.15, 0.2) is 303 Å². The summed E-state index contributed by atoms with van der Waals surface area (Å²) in [6.07, 6.45) is 0. The zero-order valence-corrected chi connectivity index (χ0v) is 48.5. The van der Waals surface area contributed by atoms with E-state index in [9.17, 15) is 0 Å². The van der Waals surface area contributed by atoms with E-state index >= 15 is 0 Å². The lowest BCUT2D eigenvalue weighted by Gasteiger charge is -2.29. The van der Waals surface area contributed by atoms with E-state index in [2.05, 4.69) is 327 Å². The lowest BCUT2D eigenvalue weighted by Crippen LogP contribution is -2.17. The highest BCUT2D eigenvalue weighted by Crippen LogP contribution is 2.54. The predicted molar refractivity (Wildman–Crippen MR) is 370 cm³/mol. The number of para-hydroxylation sites is 1. The minimum Gasteiger partial charge on any atom is -0.310 e. The smallest absolute Gasteiger partial charge is 0.0540 e. The van der Waals surface area contributed by atoms with Gasteiger partial charge in [-0.25, -0.2) is 0 Å². The van der Waals surface area contributed by atoms with E-state index in [1.54, 1.807) is 0 Å². The fourth-order valence-electron chi connectivity index (χ4n) is 14.3. The van der Waals surface area contributed by atoms with Crippen LogP contribution in [-0.4, -0.2) is 0 Å². The van der Waals surface area contributed by atoms with E-state index in [0.29, 0.717) is 0 Å². The van der Waals surface area contributed by atoms with Crippen LogP contribution in [-0.2, 0) is 5.41 Å². The van der Waals surface area contributed by atoms with Gasteiger partial charge in [0.1, 0.15) is 0 Å². The van der Waals surface area contributed by atoms with E-state index in [-0.39, 0.29) is 5.41 Å². The van der Waals surface area contributed by atoms with Crippen LogP contribution in [0, 0.1) is 0 Å². The maximum Gasteiger partial charge on any atom is 0.0540 e. The molecule has 0 spiro atoms. The first-order valence-electron chi connectivity index (χ1n) is 29.8. The van der Waals surface area contributed by atoms with Crippen molar-refractivity contribution in [2.75, 3.05) is 9.80 Å². The molecule has 0 N–H and O–H groups in total. The van der Waals surface area contributed by atoms with Crippen molar-refractivity contribution < 1.29 is 0 Å². The van der Waals surface area contributed by atoms with E-state index < -0.39 is 0 Å². The highest BCUT2D eigenvalue weighted by molar-refractivity contribution is 7.26. The Bertz CT molecular complexity index is 5340. The summed E-state index contributed by atoms with van der Waals surface area (Å²) in [6, 6.07) is 113. The molecule has 2 nitrogen and oxygen atoms in total. The molecule has 17 rings (SSSR count). The Hall–Kier alpha value is -10.6. The van der Waals surface area contributed by atoms with Crippen molar-refractivity contribution in [3.05, 3.63) is 314 Å². The summed E-state index contributed by atoms with van der Waals surface area (Å²) in [5.41, 5.74) is 18.9. The van der Waals surface area contributed by atoms with Gasteiger partial charge in [-0.1, -0.05) is 238 Å². The molecule has 1 aliphatic rings. The molecule has 404 valence electrons. The first-order chi connectivity index (χ1) is 42.4. The largest absolute Gasteiger partial charge is 0.310 e. The SMILES string of the molecule is CC1(C)c2cc(N(c3ccc(-c4ccc5c6ccccc6c6ccccc6c5c4)cc3)c3ccc(-c4ccc(-c5cccc6c5sc5ccccc56)c5ccccc45)cc3)ccc2-c2ccc(N(c3ccccc3)c3cccc4ccccc34)cc21. The molecule has 0 amide bonds. The van der Waals surface area contributed by atoms with Gasteiger partial charge in [0.25, 0.3) is 0 Å². The molecular formula is C83H56N2S. The average Bonchev–Trinajstić information content (AvgIpc) is 1.70. The topological polar surface area (TPSA) is 6.48 Å². The van der Waals surface area contributed by atoms with Gasteiger partial charge in [0, 0.05) is 65.0 Å². The van der Waals surface area contributed by atoms with Gasteiger partial charge in [0.05, 0.1) is 5.69 Å². The molecular weight excluding hydrogens is 1060 g/mol. The number of thiophene rings is 1. The summed E-state index contributed by atoms with van der Waals surface area (Å²) < 4.78 is 2.65. The van der Waals surface area contributed by atoms with Gasteiger partial charge < -0.3 is 9.80 Å². The van der Waals surface area contributed by atoms with Gasteiger partial charge in [-0.3, -0.25) is 0 Å². The molecule has 0 unspecified atom stereocenters. The molecule has 86 heavy (non-hydrogen) atoms. The van der Waals surface area contributed by atoms with E-state index in [1.165, 1.54) is 130 Å². The number of rotatable bonds is 9. The van der Waals surface area contributed by atoms with Gasteiger partial charge in [-0.15, -0.1) is 11.3 Å². The Morgan fingerprint density at radius 2 is 0.709 bits per heavy atom. The molecule has 3 heteroatoms. The highest BCUT2D eigenvalue weighted by Gasteiger charge is 2.37. The first-order valence-corrected chi connectivity index (χ1v) is 30.6. The molecule has 15 aromatic carbocycles. The number of hydrogen-bond acceptors (Lipinski definition) is 3. The molecule has 1 heterocycles. The second-order valence-electron chi connectivity index (χ2n) is 23.5. The van der Waals surface area contributed by atoms with Crippen LogP contribution in [0.25, 0.3) is 119 Å². The summed E-state index contributed by atoms with van der Waals surface area (Å²) in [7, 11) is 0. The summed E-state index contributed by atoms with van der Waals surface area (Å²) in [4.78, 5) is 4.87. The molecule has 0 saturated heterocycles. The molecule has 0 radical (unpaired) electrons. The first kappa shape index (κ1) is 50.0. The van der Waals surface area contributed by atoms with Crippen molar-refractivity contribution in [2.24, 2.45) is 0 Å². The Kier molecular flexibility index (Phi) is 11.5. The van der Waals surface area contributed by atoms with Crippen LogP contribution in [0.2, 0.25) is 0 Å². The predicted octanol–water partition coefficient (Wildman–Crippen LogP) is 24.1. The maximum absolute atomic E-state index is 2.46.